The van der Waals surface area contributed by atoms with Gasteiger partial charge in [0.15, 0.2) is 5.82 Å². The highest BCUT2D eigenvalue weighted by Crippen LogP contribution is 2.33. The molecule has 0 bridgehead atoms. The molecule has 3 rings (SSSR count). The summed E-state index contributed by atoms with van der Waals surface area (Å²) in [5.41, 5.74) is 0.384. The minimum absolute atomic E-state index is 0.0341. The van der Waals surface area contributed by atoms with Crippen LogP contribution < -0.4 is 11.1 Å². The molecule has 26 heavy (non-hydrogen) atoms. The third-order valence-electron chi connectivity index (χ3n) is 3.69. The zero-order valence-electron chi connectivity index (χ0n) is 13.9. The lowest BCUT2D eigenvalue weighted by Crippen LogP contribution is -2.43. The van der Waals surface area contributed by atoms with Crippen LogP contribution in [-0.4, -0.2) is 25.8 Å². The normalized spacial score (nSPS) is 11.5. The van der Waals surface area contributed by atoms with E-state index in [9.17, 15) is 9.59 Å². The second kappa shape index (κ2) is 6.97. The molecule has 0 fully saturated rings. The zero-order valence-corrected chi connectivity index (χ0v) is 15.4. The first-order chi connectivity index (χ1) is 12.3. The van der Waals surface area contributed by atoms with E-state index >= 15 is 0 Å². The highest BCUT2D eigenvalue weighted by molar-refractivity contribution is 6.36. The summed E-state index contributed by atoms with van der Waals surface area (Å²) in [5.74, 6) is -0.706. The van der Waals surface area contributed by atoms with Gasteiger partial charge in [0.2, 0.25) is 5.91 Å². The summed E-state index contributed by atoms with van der Waals surface area (Å²) in [4.78, 5) is 25.8. The number of H-pyrrole nitrogens is 1. The molecule has 0 saturated heterocycles. The maximum Gasteiger partial charge on any atom is 0.439 e. The van der Waals surface area contributed by atoms with Crippen molar-refractivity contribution < 1.29 is 9.32 Å². The van der Waals surface area contributed by atoms with Crippen molar-refractivity contribution in [3.63, 3.8) is 0 Å². The van der Waals surface area contributed by atoms with E-state index in [-0.39, 0.29) is 18.3 Å². The fourth-order valence-electron chi connectivity index (χ4n) is 2.62. The van der Waals surface area contributed by atoms with Crippen molar-refractivity contribution in [3.8, 4) is 11.4 Å². The number of halogens is 2. The van der Waals surface area contributed by atoms with Crippen LogP contribution in [0.1, 0.15) is 19.4 Å². The Kier molecular flexibility index (Phi) is 4.88. The number of nitrogens with one attached hydrogen (secondary N) is 2. The summed E-state index contributed by atoms with van der Waals surface area (Å²) in [6.45, 7) is 3.59. The number of carbonyl (C=O) groups excluding carboxylic acids is 1. The molecule has 8 nitrogen and oxygen atoms in total. The molecule has 2 heterocycles. The van der Waals surface area contributed by atoms with E-state index in [1.807, 2.05) is 13.8 Å². The van der Waals surface area contributed by atoms with Crippen LogP contribution in [0, 0.1) is 0 Å². The van der Waals surface area contributed by atoms with Crippen molar-refractivity contribution in [1.29, 1.82) is 0 Å². The number of aromatic nitrogens is 4. The Morgan fingerprint density at radius 1 is 1.35 bits per heavy atom. The number of nitrogens with zero attached hydrogens (tertiary/aromatic N) is 3. The molecular formula is C16H15Cl2N5O3. The lowest BCUT2D eigenvalue weighted by Gasteiger charge is -2.28. The molecule has 0 unspecified atom stereocenters. The Hall–Kier alpha value is -2.58. The second-order valence-electron chi connectivity index (χ2n) is 6.14. The minimum atomic E-state index is -0.778. The topological polar surface area (TPSA) is 106 Å². The summed E-state index contributed by atoms with van der Waals surface area (Å²) in [7, 11) is 0. The number of hydrogen-bond donors (Lipinski definition) is 2. The number of carbonyl (C=O) groups is 1. The van der Waals surface area contributed by atoms with Gasteiger partial charge in [0.25, 0.3) is 0 Å². The Morgan fingerprint density at radius 2 is 2.04 bits per heavy atom. The van der Waals surface area contributed by atoms with E-state index in [1.165, 1.54) is 10.9 Å². The molecule has 0 saturated carbocycles. The first-order valence-corrected chi connectivity index (χ1v) is 8.36. The molecule has 0 radical (unpaired) electrons. The molecule has 1 amide bonds. The first-order valence-electron chi connectivity index (χ1n) is 7.60. The van der Waals surface area contributed by atoms with E-state index < -0.39 is 11.3 Å². The monoisotopic (exact) mass is 395 g/mol. The average Bonchev–Trinajstić information content (AvgIpc) is 3.15. The molecule has 10 heteroatoms. The standard InChI is InChI=1S/C16H15Cl2N5O3/c1-16(2,13-10(17)4-3-5-11(13)18)21-12(24)8-23-7-9(6-19-23)14-20-15(25)26-22-14/h3-7H,8H2,1-2H3,(H,21,24)(H,20,22,25). The van der Waals surface area contributed by atoms with Crippen LogP contribution in [0.2, 0.25) is 10.0 Å². The third-order valence-corrected chi connectivity index (χ3v) is 4.32. The molecule has 2 N–H and O–H groups in total. The van der Waals surface area contributed by atoms with Gasteiger partial charge >= 0.3 is 5.76 Å². The molecular weight excluding hydrogens is 381 g/mol. The van der Waals surface area contributed by atoms with Gasteiger partial charge in [-0.1, -0.05) is 34.4 Å². The van der Waals surface area contributed by atoms with Gasteiger partial charge in [-0.2, -0.15) is 5.10 Å². The lowest BCUT2D eigenvalue weighted by atomic mass is 9.94. The third kappa shape index (κ3) is 3.81. The van der Waals surface area contributed by atoms with E-state index in [4.69, 9.17) is 23.2 Å². The average molecular weight is 396 g/mol. The quantitative estimate of drug-likeness (QED) is 0.690. The van der Waals surface area contributed by atoms with Crippen LogP contribution in [0.4, 0.5) is 0 Å². The van der Waals surface area contributed by atoms with Crippen LogP contribution in [0.15, 0.2) is 39.9 Å². The fourth-order valence-corrected chi connectivity index (χ4v) is 3.49. The molecule has 0 aliphatic carbocycles. The number of hydrogen-bond acceptors (Lipinski definition) is 5. The summed E-state index contributed by atoms with van der Waals surface area (Å²) in [6.07, 6.45) is 3.04. The van der Waals surface area contributed by atoms with Gasteiger partial charge in [-0.05, 0) is 26.0 Å². The molecule has 136 valence electrons. The van der Waals surface area contributed by atoms with Gasteiger partial charge in [-0.15, -0.1) is 0 Å². The first kappa shape index (κ1) is 18.2. The molecule has 3 aromatic rings. The maximum absolute atomic E-state index is 12.4. The van der Waals surface area contributed by atoms with E-state index in [0.717, 1.165) is 0 Å². The number of rotatable bonds is 5. The minimum Gasteiger partial charge on any atom is -0.345 e. The van der Waals surface area contributed by atoms with Crippen LogP contribution >= 0.6 is 23.2 Å². The molecule has 1 aromatic carbocycles. The van der Waals surface area contributed by atoms with Crippen LogP contribution in [0.25, 0.3) is 11.4 Å². The number of aromatic amines is 1. The van der Waals surface area contributed by atoms with Crippen molar-refractivity contribution in [3.05, 3.63) is 56.8 Å². The Morgan fingerprint density at radius 3 is 2.65 bits per heavy atom. The van der Waals surface area contributed by atoms with E-state index in [1.54, 1.807) is 24.4 Å². The van der Waals surface area contributed by atoms with Gasteiger partial charge in [0.1, 0.15) is 6.54 Å². The molecule has 2 aromatic heterocycles. The van der Waals surface area contributed by atoms with Crippen LogP contribution in [0.3, 0.4) is 0 Å². The van der Waals surface area contributed by atoms with E-state index in [2.05, 4.69) is 25.1 Å². The van der Waals surface area contributed by atoms with Crippen LogP contribution in [-0.2, 0) is 16.9 Å². The summed E-state index contributed by atoms with van der Waals surface area (Å²) in [5, 5.41) is 11.5. The molecule has 0 aliphatic rings. The predicted molar refractivity (Wildman–Crippen MR) is 96.0 cm³/mol. The van der Waals surface area contributed by atoms with Crippen molar-refractivity contribution in [1.82, 2.24) is 25.2 Å². The summed E-state index contributed by atoms with van der Waals surface area (Å²) in [6, 6.07) is 5.18. The highest BCUT2D eigenvalue weighted by atomic mass is 35.5. The second-order valence-corrected chi connectivity index (χ2v) is 6.95. The predicted octanol–water partition coefficient (Wildman–Crippen LogP) is 2.58. The number of benzene rings is 1. The van der Waals surface area contributed by atoms with E-state index in [0.29, 0.717) is 21.2 Å². The van der Waals surface area contributed by atoms with Crippen LogP contribution in [0.5, 0.6) is 0 Å². The fraction of sp³-hybridized carbons (Fsp3) is 0.250. The SMILES string of the molecule is CC(C)(NC(=O)Cn1cc(-c2noc(=O)[nH]2)cn1)c1c(Cl)cccc1Cl. The van der Waals surface area contributed by atoms with Gasteiger partial charge in [-0.3, -0.25) is 19.0 Å². The highest BCUT2D eigenvalue weighted by Gasteiger charge is 2.28. The molecule has 0 atom stereocenters. The van der Waals surface area contributed by atoms with Gasteiger partial charge in [0.05, 0.1) is 17.3 Å². The van der Waals surface area contributed by atoms with Gasteiger partial charge in [-0.25, -0.2) is 4.79 Å². The zero-order chi connectivity index (χ0) is 18.9. The Bertz CT molecular complexity index is 985. The van der Waals surface area contributed by atoms with Crippen molar-refractivity contribution in [2.75, 3.05) is 0 Å². The number of amides is 1. The largest absolute Gasteiger partial charge is 0.439 e. The summed E-state index contributed by atoms with van der Waals surface area (Å²) < 4.78 is 5.86. The van der Waals surface area contributed by atoms with Crippen molar-refractivity contribution in [2.45, 2.75) is 25.9 Å². The molecule has 0 spiro atoms. The molecule has 0 aliphatic heterocycles. The maximum atomic E-state index is 12.4. The van der Waals surface area contributed by atoms with Crippen molar-refractivity contribution in [2.24, 2.45) is 0 Å². The Balaban J connectivity index is 1.73. The van der Waals surface area contributed by atoms with Gasteiger partial charge < -0.3 is 5.32 Å². The Labute approximate surface area is 158 Å². The smallest absolute Gasteiger partial charge is 0.345 e. The van der Waals surface area contributed by atoms with Crippen molar-refractivity contribution >= 4 is 29.1 Å². The lowest BCUT2D eigenvalue weighted by molar-refractivity contribution is -0.123. The summed E-state index contributed by atoms with van der Waals surface area (Å²) >= 11 is 12.5. The van der Waals surface area contributed by atoms with Gasteiger partial charge in [0, 0.05) is 21.8 Å².